The summed E-state index contributed by atoms with van der Waals surface area (Å²) in [4.78, 5) is 27.6. The highest BCUT2D eigenvalue weighted by Gasteiger charge is 2.47. The van der Waals surface area contributed by atoms with Gasteiger partial charge in [0.25, 0.3) is 11.7 Å². The number of hydrogen-bond acceptors (Lipinski definition) is 6. The van der Waals surface area contributed by atoms with Crippen molar-refractivity contribution in [3.05, 3.63) is 89.0 Å². The van der Waals surface area contributed by atoms with Gasteiger partial charge < -0.3 is 19.3 Å². The van der Waals surface area contributed by atoms with Gasteiger partial charge in [0.2, 0.25) is 0 Å². The van der Waals surface area contributed by atoms with Crippen LogP contribution in [0, 0.1) is 6.92 Å². The predicted octanol–water partition coefficient (Wildman–Crippen LogP) is 5.54. The number of aliphatic hydroxyl groups is 1. The molecule has 3 aromatic carbocycles. The standard InChI is InChI=1S/C27H22F3NO6/c1-15-6-4-7-16(12-15)23-22(24(32)17-10-11-20(35-2)21(13-17)36-3)25(33)26(34)31(23)18-8-5-9-19(14-18)37-27(28,29)30/h4-14,23,32H,1-3H3/b24-22+. The molecule has 0 spiro atoms. The van der Waals surface area contributed by atoms with Gasteiger partial charge in [-0.05, 0) is 42.8 Å². The van der Waals surface area contributed by atoms with Crippen LogP contribution in [0.3, 0.4) is 0 Å². The molecular weight excluding hydrogens is 491 g/mol. The Bertz CT molecular complexity index is 1400. The molecule has 1 heterocycles. The van der Waals surface area contributed by atoms with Gasteiger partial charge in [-0.2, -0.15) is 0 Å². The van der Waals surface area contributed by atoms with Crippen LogP contribution in [0.25, 0.3) is 5.76 Å². The van der Waals surface area contributed by atoms with E-state index in [2.05, 4.69) is 4.74 Å². The number of ketones is 1. The van der Waals surface area contributed by atoms with Crippen molar-refractivity contribution in [1.29, 1.82) is 0 Å². The summed E-state index contributed by atoms with van der Waals surface area (Å²) in [5.41, 5.74) is 1.22. The minimum Gasteiger partial charge on any atom is -0.507 e. The number of nitrogens with zero attached hydrogens (tertiary/aromatic N) is 1. The van der Waals surface area contributed by atoms with Crippen LogP contribution in [0.4, 0.5) is 18.9 Å². The topological polar surface area (TPSA) is 85.3 Å². The van der Waals surface area contributed by atoms with Gasteiger partial charge in [-0.3, -0.25) is 14.5 Å². The van der Waals surface area contributed by atoms with Gasteiger partial charge >= 0.3 is 6.36 Å². The molecule has 7 nitrogen and oxygen atoms in total. The third-order valence-electron chi connectivity index (χ3n) is 5.79. The number of alkyl halides is 3. The van der Waals surface area contributed by atoms with E-state index in [-0.39, 0.29) is 22.6 Å². The zero-order chi connectivity index (χ0) is 26.9. The van der Waals surface area contributed by atoms with Gasteiger partial charge in [-0.15, -0.1) is 13.2 Å². The normalized spacial score (nSPS) is 17.1. The molecule has 4 rings (SSSR count). The maximum atomic E-state index is 13.3. The van der Waals surface area contributed by atoms with Gasteiger partial charge in [-0.25, -0.2) is 0 Å². The van der Waals surface area contributed by atoms with Crippen LogP contribution >= 0.6 is 0 Å². The van der Waals surface area contributed by atoms with Crippen molar-refractivity contribution in [1.82, 2.24) is 0 Å². The molecule has 0 aliphatic carbocycles. The van der Waals surface area contributed by atoms with Crippen molar-refractivity contribution < 1.29 is 42.1 Å². The number of ether oxygens (including phenoxy) is 3. The summed E-state index contributed by atoms with van der Waals surface area (Å²) >= 11 is 0. The van der Waals surface area contributed by atoms with Crippen LogP contribution < -0.4 is 19.1 Å². The smallest absolute Gasteiger partial charge is 0.507 e. The van der Waals surface area contributed by atoms with Crippen LogP contribution in [-0.2, 0) is 9.59 Å². The maximum absolute atomic E-state index is 13.3. The first-order valence-corrected chi connectivity index (χ1v) is 11.0. The lowest BCUT2D eigenvalue weighted by Crippen LogP contribution is -2.29. The first kappa shape index (κ1) is 25.6. The molecule has 1 atom stereocenters. The van der Waals surface area contributed by atoms with Crippen molar-refractivity contribution in [3.63, 3.8) is 0 Å². The molecule has 1 N–H and O–H groups in total. The Morgan fingerprint density at radius 1 is 0.919 bits per heavy atom. The summed E-state index contributed by atoms with van der Waals surface area (Å²) in [7, 11) is 2.85. The average Bonchev–Trinajstić information content (AvgIpc) is 3.12. The van der Waals surface area contributed by atoms with Crippen LogP contribution in [0.5, 0.6) is 17.2 Å². The van der Waals surface area contributed by atoms with Crippen molar-refractivity contribution >= 4 is 23.1 Å². The zero-order valence-electron chi connectivity index (χ0n) is 20.0. The Hall–Kier alpha value is -4.47. The minimum absolute atomic E-state index is 0.0123. The molecule has 0 saturated carbocycles. The lowest BCUT2D eigenvalue weighted by atomic mass is 9.94. The van der Waals surface area contributed by atoms with E-state index in [0.29, 0.717) is 11.3 Å². The fraction of sp³-hybridized carbons (Fsp3) is 0.185. The van der Waals surface area contributed by atoms with E-state index in [1.807, 2.05) is 13.0 Å². The predicted molar refractivity (Wildman–Crippen MR) is 129 cm³/mol. The van der Waals surface area contributed by atoms with E-state index in [4.69, 9.17) is 9.47 Å². The quantitative estimate of drug-likeness (QED) is 0.265. The minimum atomic E-state index is -4.95. The van der Waals surface area contributed by atoms with Crippen LogP contribution in [0.2, 0.25) is 0 Å². The molecule has 1 saturated heterocycles. The number of carbonyl (C=O) groups is 2. The molecule has 3 aromatic rings. The van der Waals surface area contributed by atoms with Gasteiger partial charge in [0, 0.05) is 17.3 Å². The molecule has 1 fully saturated rings. The zero-order valence-corrected chi connectivity index (χ0v) is 20.0. The number of hydrogen-bond donors (Lipinski definition) is 1. The molecular formula is C27H22F3NO6. The first-order chi connectivity index (χ1) is 17.5. The number of amides is 1. The van der Waals surface area contributed by atoms with E-state index >= 15 is 0 Å². The summed E-state index contributed by atoms with van der Waals surface area (Å²) in [6.07, 6.45) is -4.95. The number of carbonyl (C=O) groups excluding carboxylic acids is 2. The molecule has 37 heavy (non-hydrogen) atoms. The van der Waals surface area contributed by atoms with Gasteiger partial charge in [0.1, 0.15) is 11.5 Å². The van der Waals surface area contributed by atoms with Crippen molar-refractivity contribution in [3.8, 4) is 17.2 Å². The number of Topliss-reactive ketones (excluding diaryl/α,β-unsaturated/α-hetero) is 1. The third kappa shape index (κ3) is 5.09. The van der Waals surface area contributed by atoms with Gasteiger partial charge in [0.05, 0.1) is 25.8 Å². The van der Waals surface area contributed by atoms with Gasteiger partial charge in [-0.1, -0.05) is 35.9 Å². The van der Waals surface area contributed by atoms with E-state index in [1.165, 1.54) is 44.6 Å². The average molecular weight is 513 g/mol. The Morgan fingerprint density at radius 2 is 1.62 bits per heavy atom. The highest BCUT2D eigenvalue weighted by Crippen LogP contribution is 2.44. The monoisotopic (exact) mass is 513 g/mol. The third-order valence-corrected chi connectivity index (χ3v) is 5.79. The lowest BCUT2D eigenvalue weighted by molar-refractivity contribution is -0.274. The Labute approximate surface area is 210 Å². The number of anilines is 1. The Morgan fingerprint density at radius 3 is 2.27 bits per heavy atom. The number of aryl methyl sites for hydroxylation is 1. The second-order valence-electron chi connectivity index (χ2n) is 8.20. The van der Waals surface area contributed by atoms with E-state index in [0.717, 1.165) is 22.6 Å². The summed E-state index contributed by atoms with van der Waals surface area (Å²) in [5.74, 6) is -2.38. The molecule has 1 amide bonds. The summed E-state index contributed by atoms with van der Waals surface area (Å²) < 4.78 is 53.0. The number of benzene rings is 3. The molecule has 1 aliphatic heterocycles. The van der Waals surface area contributed by atoms with Crippen LogP contribution in [-0.4, -0.2) is 37.4 Å². The summed E-state index contributed by atoms with van der Waals surface area (Å²) in [6, 6.07) is 15.0. The van der Waals surface area contributed by atoms with Crippen molar-refractivity contribution in [2.75, 3.05) is 19.1 Å². The van der Waals surface area contributed by atoms with E-state index in [9.17, 15) is 27.9 Å². The number of rotatable bonds is 6. The van der Waals surface area contributed by atoms with E-state index < -0.39 is 35.6 Å². The van der Waals surface area contributed by atoms with E-state index in [1.54, 1.807) is 18.2 Å². The second kappa shape index (κ2) is 9.88. The molecule has 10 heteroatoms. The fourth-order valence-corrected chi connectivity index (χ4v) is 4.22. The highest BCUT2D eigenvalue weighted by molar-refractivity contribution is 6.51. The molecule has 0 radical (unpaired) electrons. The lowest BCUT2D eigenvalue weighted by Gasteiger charge is -2.26. The molecule has 0 bridgehead atoms. The summed E-state index contributed by atoms with van der Waals surface area (Å²) in [5, 5.41) is 11.3. The van der Waals surface area contributed by atoms with Crippen molar-refractivity contribution in [2.24, 2.45) is 0 Å². The SMILES string of the molecule is COc1ccc(/C(O)=C2\C(=O)C(=O)N(c3cccc(OC(F)(F)F)c3)C2c2cccc(C)c2)cc1OC. The molecule has 192 valence electrons. The number of aliphatic hydroxyl groups excluding tert-OH is 1. The fourth-order valence-electron chi connectivity index (χ4n) is 4.22. The van der Waals surface area contributed by atoms with Crippen LogP contribution in [0.15, 0.2) is 72.3 Å². The first-order valence-electron chi connectivity index (χ1n) is 11.0. The Balaban J connectivity index is 1.92. The van der Waals surface area contributed by atoms with Crippen LogP contribution in [0.1, 0.15) is 22.7 Å². The second-order valence-corrected chi connectivity index (χ2v) is 8.20. The Kier molecular flexibility index (Phi) is 6.84. The largest absolute Gasteiger partial charge is 0.573 e. The molecule has 1 aliphatic rings. The number of methoxy groups -OCH3 is 2. The highest BCUT2D eigenvalue weighted by atomic mass is 19.4. The van der Waals surface area contributed by atoms with Gasteiger partial charge in [0.15, 0.2) is 11.5 Å². The number of halogens is 3. The van der Waals surface area contributed by atoms with Crippen molar-refractivity contribution in [2.45, 2.75) is 19.3 Å². The maximum Gasteiger partial charge on any atom is 0.573 e. The molecule has 1 unspecified atom stereocenters. The summed E-state index contributed by atoms with van der Waals surface area (Å²) in [6.45, 7) is 1.81. The molecule has 0 aromatic heterocycles.